The highest BCUT2D eigenvalue weighted by molar-refractivity contribution is 5.87. The number of rotatable bonds is 4. The van der Waals surface area contributed by atoms with Gasteiger partial charge < -0.3 is 4.84 Å². The highest BCUT2D eigenvalue weighted by Crippen LogP contribution is 2.65. The molecule has 0 aromatic heterocycles. The molecule has 0 aliphatic heterocycles. The normalized spacial score (nSPS) is 46.6. The quantitative estimate of drug-likeness (QED) is 0.472. The molecule has 0 N–H and O–H groups in total. The number of nitrogens with zero attached hydrogens (tertiary/aromatic N) is 1. The van der Waals surface area contributed by atoms with E-state index >= 15 is 0 Å². The van der Waals surface area contributed by atoms with Gasteiger partial charge in [0, 0.05) is 11.8 Å². The van der Waals surface area contributed by atoms with Crippen molar-refractivity contribution in [2.45, 2.75) is 91.4 Å². The van der Waals surface area contributed by atoms with Crippen LogP contribution in [-0.4, -0.2) is 18.1 Å². The zero-order valence-corrected chi connectivity index (χ0v) is 17.1. The summed E-state index contributed by atoms with van der Waals surface area (Å²) in [6.07, 6.45) is 12.9. The zero-order valence-electron chi connectivity index (χ0n) is 17.1. The minimum Gasteiger partial charge on any atom is -0.396 e. The van der Waals surface area contributed by atoms with E-state index in [4.69, 9.17) is 4.84 Å². The topological polar surface area (TPSA) is 38.7 Å². The summed E-state index contributed by atoms with van der Waals surface area (Å²) in [5.41, 5.74) is 1.77. The Bertz CT molecular complexity index is 585. The number of hydrogen-bond acceptors (Lipinski definition) is 3. The standard InChI is InChI=1S/C23H37NO2/c1-4-5-14-26-24-17-10-12-22(2)16(15-17)6-7-18-19-8-9-21(25)23(19,3)13-11-20(18)22/h16,18-20H,4-15H2,1-3H3/t16?,18?,19?,20?,22-,23-/m0/s1. The van der Waals surface area contributed by atoms with Crippen LogP contribution in [0.4, 0.5) is 0 Å². The Kier molecular flexibility index (Phi) is 4.94. The van der Waals surface area contributed by atoms with Crippen molar-refractivity contribution in [1.82, 2.24) is 0 Å². The van der Waals surface area contributed by atoms with Crippen LogP contribution in [0.5, 0.6) is 0 Å². The Balaban J connectivity index is 1.46. The molecule has 0 aromatic carbocycles. The van der Waals surface area contributed by atoms with Crippen LogP contribution in [-0.2, 0) is 9.63 Å². The molecule has 4 saturated carbocycles. The lowest BCUT2D eigenvalue weighted by molar-refractivity contribution is -0.137. The molecule has 4 unspecified atom stereocenters. The average molecular weight is 360 g/mol. The minimum atomic E-state index is 0.0127. The van der Waals surface area contributed by atoms with E-state index in [9.17, 15) is 4.79 Å². The Morgan fingerprint density at radius 2 is 1.92 bits per heavy atom. The van der Waals surface area contributed by atoms with E-state index in [-0.39, 0.29) is 5.41 Å². The molecule has 3 nitrogen and oxygen atoms in total. The SMILES string of the molecule is CCCCON=C1CC[C@@]2(C)C(CCC3C2CC[C@]2(C)C(=O)CCC32)C1. The van der Waals surface area contributed by atoms with E-state index in [1.165, 1.54) is 31.4 Å². The maximum atomic E-state index is 12.5. The van der Waals surface area contributed by atoms with Crippen molar-refractivity contribution in [3.63, 3.8) is 0 Å². The van der Waals surface area contributed by atoms with Crippen molar-refractivity contribution in [2.24, 2.45) is 39.7 Å². The first-order valence-electron chi connectivity index (χ1n) is 11.2. The molecule has 6 atom stereocenters. The van der Waals surface area contributed by atoms with Crippen LogP contribution in [0, 0.1) is 34.5 Å². The Labute approximate surface area is 159 Å². The van der Waals surface area contributed by atoms with Crippen molar-refractivity contribution in [3.8, 4) is 0 Å². The van der Waals surface area contributed by atoms with Crippen LogP contribution >= 0.6 is 0 Å². The van der Waals surface area contributed by atoms with Gasteiger partial charge in [0.1, 0.15) is 12.4 Å². The van der Waals surface area contributed by atoms with E-state index in [0.717, 1.165) is 69.3 Å². The van der Waals surface area contributed by atoms with Crippen LogP contribution in [0.15, 0.2) is 5.16 Å². The van der Waals surface area contributed by atoms with E-state index in [0.29, 0.717) is 17.1 Å². The number of Topliss-reactive ketones (excluding diaryl/α,β-unsaturated/α-hetero) is 1. The van der Waals surface area contributed by atoms with Gasteiger partial charge in [-0.2, -0.15) is 0 Å². The minimum absolute atomic E-state index is 0.0127. The largest absolute Gasteiger partial charge is 0.396 e. The lowest BCUT2D eigenvalue weighted by Crippen LogP contribution is -2.53. The lowest BCUT2D eigenvalue weighted by atomic mass is 9.45. The summed E-state index contributed by atoms with van der Waals surface area (Å²) >= 11 is 0. The fourth-order valence-corrected chi connectivity index (χ4v) is 7.26. The molecule has 0 amide bonds. The van der Waals surface area contributed by atoms with Gasteiger partial charge in [-0.05, 0) is 86.9 Å². The van der Waals surface area contributed by atoms with E-state index in [2.05, 4.69) is 25.9 Å². The van der Waals surface area contributed by atoms with Gasteiger partial charge in [0.05, 0.1) is 5.71 Å². The summed E-state index contributed by atoms with van der Waals surface area (Å²) in [7, 11) is 0. The second kappa shape index (κ2) is 6.95. The summed E-state index contributed by atoms with van der Waals surface area (Å²) in [5.74, 6) is 3.62. The van der Waals surface area contributed by atoms with Crippen LogP contribution in [0.2, 0.25) is 0 Å². The van der Waals surface area contributed by atoms with Crippen LogP contribution in [0.1, 0.15) is 91.4 Å². The first kappa shape index (κ1) is 18.5. The van der Waals surface area contributed by atoms with Crippen LogP contribution in [0.25, 0.3) is 0 Å². The molecule has 4 rings (SSSR count). The fraction of sp³-hybridized carbons (Fsp3) is 0.913. The average Bonchev–Trinajstić information content (AvgIpc) is 2.94. The maximum Gasteiger partial charge on any atom is 0.139 e. The number of unbranched alkanes of at least 4 members (excludes halogenated alkanes) is 1. The number of fused-ring (bicyclic) bond motifs is 5. The molecule has 0 heterocycles. The molecular weight excluding hydrogens is 322 g/mol. The summed E-state index contributed by atoms with van der Waals surface area (Å²) in [6.45, 7) is 7.81. The molecule has 3 heteroatoms. The summed E-state index contributed by atoms with van der Waals surface area (Å²) in [5, 5.41) is 4.49. The smallest absolute Gasteiger partial charge is 0.139 e. The predicted molar refractivity (Wildman–Crippen MR) is 105 cm³/mol. The summed E-state index contributed by atoms with van der Waals surface area (Å²) in [6, 6.07) is 0. The number of carbonyl (C=O) groups is 1. The Hall–Kier alpha value is -0.860. The molecule has 146 valence electrons. The fourth-order valence-electron chi connectivity index (χ4n) is 7.26. The third kappa shape index (κ3) is 2.85. The highest BCUT2D eigenvalue weighted by atomic mass is 16.6. The van der Waals surface area contributed by atoms with E-state index in [1.54, 1.807) is 0 Å². The molecule has 4 aliphatic rings. The van der Waals surface area contributed by atoms with Crippen molar-refractivity contribution < 1.29 is 9.63 Å². The first-order chi connectivity index (χ1) is 12.5. The van der Waals surface area contributed by atoms with Crippen molar-refractivity contribution in [2.75, 3.05) is 6.61 Å². The summed E-state index contributed by atoms with van der Waals surface area (Å²) < 4.78 is 0. The molecule has 4 aliphatic carbocycles. The second-order valence-corrected chi connectivity index (χ2v) is 10.1. The zero-order chi connectivity index (χ0) is 18.4. The molecular formula is C23H37NO2. The molecule has 0 radical (unpaired) electrons. The van der Waals surface area contributed by atoms with Crippen molar-refractivity contribution in [1.29, 1.82) is 0 Å². The third-order valence-corrected chi connectivity index (χ3v) is 8.99. The van der Waals surface area contributed by atoms with Crippen LogP contribution < -0.4 is 0 Å². The van der Waals surface area contributed by atoms with E-state index in [1.807, 2.05) is 0 Å². The number of oxime groups is 1. The van der Waals surface area contributed by atoms with Gasteiger partial charge in [0.2, 0.25) is 0 Å². The first-order valence-corrected chi connectivity index (χ1v) is 11.2. The Morgan fingerprint density at radius 3 is 2.73 bits per heavy atom. The van der Waals surface area contributed by atoms with E-state index < -0.39 is 0 Å². The van der Waals surface area contributed by atoms with Gasteiger partial charge in [-0.1, -0.05) is 32.3 Å². The highest BCUT2D eigenvalue weighted by Gasteiger charge is 2.60. The lowest BCUT2D eigenvalue weighted by Gasteiger charge is -2.59. The Morgan fingerprint density at radius 1 is 1.08 bits per heavy atom. The van der Waals surface area contributed by atoms with Crippen molar-refractivity contribution >= 4 is 11.5 Å². The van der Waals surface area contributed by atoms with Gasteiger partial charge in [0.25, 0.3) is 0 Å². The molecule has 0 saturated heterocycles. The number of hydrogen-bond donors (Lipinski definition) is 0. The predicted octanol–water partition coefficient (Wildman–Crippen LogP) is 5.77. The van der Waals surface area contributed by atoms with Gasteiger partial charge in [-0.25, -0.2) is 0 Å². The second-order valence-electron chi connectivity index (χ2n) is 10.1. The van der Waals surface area contributed by atoms with Gasteiger partial charge >= 0.3 is 0 Å². The van der Waals surface area contributed by atoms with Crippen LogP contribution in [0.3, 0.4) is 0 Å². The van der Waals surface area contributed by atoms with Gasteiger partial charge in [-0.15, -0.1) is 0 Å². The maximum absolute atomic E-state index is 12.5. The monoisotopic (exact) mass is 359 g/mol. The molecule has 0 spiro atoms. The van der Waals surface area contributed by atoms with Gasteiger partial charge in [0.15, 0.2) is 0 Å². The molecule has 4 fully saturated rings. The van der Waals surface area contributed by atoms with Gasteiger partial charge in [-0.3, -0.25) is 4.79 Å². The molecule has 26 heavy (non-hydrogen) atoms. The van der Waals surface area contributed by atoms with Crippen molar-refractivity contribution in [3.05, 3.63) is 0 Å². The third-order valence-electron chi connectivity index (χ3n) is 8.99. The number of carbonyl (C=O) groups excluding carboxylic acids is 1. The molecule has 0 bridgehead atoms. The molecule has 0 aromatic rings. The summed E-state index contributed by atoms with van der Waals surface area (Å²) in [4.78, 5) is 18.1. The number of ketones is 1.